The van der Waals surface area contributed by atoms with Gasteiger partial charge in [0.15, 0.2) is 11.5 Å². The number of carbonyl (C=O) groups excluding carboxylic acids is 1. The number of anilines is 2. The smallest absolute Gasteiger partial charge is 0.271 e. The first-order valence-electron chi connectivity index (χ1n) is 8.58. The van der Waals surface area contributed by atoms with Crippen molar-refractivity contribution in [1.29, 1.82) is 0 Å². The zero-order valence-electron chi connectivity index (χ0n) is 14.8. The molecule has 0 unspecified atom stereocenters. The number of amides is 1. The molecule has 0 radical (unpaired) electrons. The second-order valence-electron chi connectivity index (χ2n) is 5.84. The predicted molar refractivity (Wildman–Crippen MR) is 97.9 cm³/mol. The van der Waals surface area contributed by atoms with E-state index >= 15 is 0 Å². The molecule has 0 bridgehead atoms. The van der Waals surface area contributed by atoms with Crippen LogP contribution in [0.15, 0.2) is 36.4 Å². The van der Waals surface area contributed by atoms with Crippen LogP contribution in [0.25, 0.3) is 0 Å². The number of aromatic nitrogens is 2. The molecule has 138 valence electrons. The Hall–Kier alpha value is -2.71. The molecule has 26 heavy (non-hydrogen) atoms. The largest absolute Gasteiger partial charge is 0.495 e. The second kappa shape index (κ2) is 9.12. The van der Waals surface area contributed by atoms with Gasteiger partial charge in [0.2, 0.25) is 0 Å². The number of morpholine rings is 1. The standard InChI is InChI=1S/C18H23N5O3/c1-25-16-5-3-2-4-14(16)20-17-7-6-15(21-22-17)18(24)19-8-9-23-10-12-26-13-11-23/h2-7H,8-13H2,1H3,(H,19,24)(H,20,22). The molecule has 1 saturated heterocycles. The summed E-state index contributed by atoms with van der Waals surface area (Å²) in [6.07, 6.45) is 0. The maximum atomic E-state index is 12.2. The number of ether oxygens (including phenoxy) is 2. The van der Waals surface area contributed by atoms with E-state index in [1.807, 2.05) is 24.3 Å². The molecule has 1 aromatic heterocycles. The molecule has 1 aliphatic heterocycles. The highest BCUT2D eigenvalue weighted by molar-refractivity contribution is 5.92. The summed E-state index contributed by atoms with van der Waals surface area (Å²) in [5.74, 6) is 1.02. The van der Waals surface area contributed by atoms with Crippen molar-refractivity contribution in [3.63, 3.8) is 0 Å². The van der Waals surface area contributed by atoms with Crippen molar-refractivity contribution < 1.29 is 14.3 Å². The fourth-order valence-electron chi connectivity index (χ4n) is 2.65. The molecule has 0 aliphatic carbocycles. The molecular weight excluding hydrogens is 334 g/mol. The van der Waals surface area contributed by atoms with E-state index in [1.165, 1.54) is 0 Å². The van der Waals surface area contributed by atoms with Gasteiger partial charge in [-0.25, -0.2) is 0 Å². The molecule has 0 saturated carbocycles. The summed E-state index contributed by atoms with van der Waals surface area (Å²) in [6.45, 7) is 4.68. The maximum Gasteiger partial charge on any atom is 0.271 e. The highest BCUT2D eigenvalue weighted by atomic mass is 16.5. The average molecular weight is 357 g/mol. The van der Waals surface area contributed by atoms with Gasteiger partial charge in [-0.1, -0.05) is 12.1 Å². The minimum Gasteiger partial charge on any atom is -0.495 e. The van der Waals surface area contributed by atoms with Gasteiger partial charge >= 0.3 is 0 Å². The van der Waals surface area contributed by atoms with Gasteiger partial charge in [0.1, 0.15) is 5.75 Å². The van der Waals surface area contributed by atoms with Crippen molar-refractivity contribution in [3.05, 3.63) is 42.1 Å². The van der Waals surface area contributed by atoms with E-state index < -0.39 is 0 Å². The predicted octanol–water partition coefficient (Wildman–Crippen LogP) is 1.29. The van der Waals surface area contributed by atoms with Gasteiger partial charge in [-0.05, 0) is 24.3 Å². The first kappa shape index (κ1) is 18.1. The highest BCUT2D eigenvalue weighted by Gasteiger charge is 2.12. The Morgan fingerprint density at radius 3 is 2.73 bits per heavy atom. The lowest BCUT2D eigenvalue weighted by atomic mass is 10.3. The molecule has 2 N–H and O–H groups in total. The third kappa shape index (κ3) is 4.90. The van der Waals surface area contributed by atoms with E-state index in [4.69, 9.17) is 9.47 Å². The Kier molecular flexibility index (Phi) is 6.34. The number of methoxy groups -OCH3 is 1. The number of nitrogens with zero attached hydrogens (tertiary/aromatic N) is 3. The molecule has 1 aliphatic rings. The van der Waals surface area contributed by atoms with E-state index in [2.05, 4.69) is 25.7 Å². The van der Waals surface area contributed by atoms with Gasteiger partial charge in [-0.2, -0.15) is 0 Å². The summed E-state index contributed by atoms with van der Waals surface area (Å²) < 4.78 is 10.6. The Morgan fingerprint density at radius 2 is 2.00 bits per heavy atom. The molecule has 0 atom stereocenters. The van der Waals surface area contributed by atoms with E-state index in [1.54, 1.807) is 19.2 Å². The SMILES string of the molecule is COc1ccccc1Nc1ccc(C(=O)NCCN2CCOCC2)nn1. The maximum absolute atomic E-state index is 12.2. The van der Waals surface area contributed by atoms with Gasteiger partial charge in [0, 0.05) is 26.2 Å². The number of hydrogen-bond acceptors (Lipinski definition) is 7. The fourth-order valence-corrected chi connectivity index (χ4v) is 2.65. The number of para-hydroxylation sites is 2. The zero-order chi connectivity index (χ0) is 18.2. The van der Waals surface area contributed by atoms with Gasteiger partial charge in [0.05, 0.1) is 26.0 Å². The summed E-state index contributed by atoms with van der Waals surface area (Å²) in [7, 11) is 1.61. The first-order chi connectivity index (χ1) is 12.8. The second-order valence-corrected chi connectivity index (χ2v) is 5.84. The summed E-state index contributed by atoms with van der Waals surface area (Å²) in [6, 6.07) is 10.9. The van der Waals surface area contributed by atoms with Crippen LogP contribution in [0.4, 0.5) is 11.5 Å². The van der Waals surface area contributed by atoms with Crippen LogP contribution in [-0.2, 0) is 4.74 Å². The lowest BCUT2D eigenvalue weighted by Crippen LogP contribution is -2.41. The number of hydrogen-bond donors (Lipinski definition) is 2. The summed E-state index contributed by atoms with van der Waals surface area (Å²) in [5, 5.41) is 14.1. The molecule has 2 heterocycles. The van der Waals surface area contributed by atoms with Crippen molar-refractivity contribution >= 4 is 17.4 Å². The molecule has 1 aromatic carbocycles. The molecule has 0 spiro atoms. The van der Waals surface area contributed by atoms with Gasteiger partial charge in [-0.3, -0.25) is 9.69 Å². The van der Waals surface area contributed by atoms with Crippen LogP contribution < -0.4 is 15.4 Å². The number of nitrogens with one attached hydrogen (secondary N) is 2. The molecular formula is C18H23N5O3. The molecule has 3 rings (SSSR count). The van der Waals surface area contributed by atoms with Crippen LogP contribution in [0.5, 0.6) is 5.75 Å². The average Bonchev–Trinajstić information content (AvgIpc) is 2.70. The Bertz CT molecular complexity index is 717. The van der Waals surface area contributed by atoms with Crippen molar-refractivity contribution in [2.75, 3.05) is 51.8 Å². The van der Waals surface area contributed by atoms with Crippen LogP contribution in [0.3, 0.4) is 0 Å². The topological polar surface area (TPSA) is 88.6 Å². The number of carbonyl (C=O) groups is 1. The first-order valence-corrected chi connectivity index (χ1v) is 8.58. The summed E-state index contributed by atoms with van der Waals surface area (Å²) in [5.41, 5.74) is 1.07. The lowest BCUT2D eigenvalue weighted by molar-refractivity contribution is 0.0383. The van der Waals surface area contributed by atoms with Crippen LogP contribution in [0, 0.1) is 0 Å². The van der Waals surface area contributed by atoms with Crippen LogP contribution in [-0.4, -0.2) is 67.5 Å². The van der Waals surface area contributed by atoms with Gasteiger partial charge in [-0.15, -0.1) is 10.2 Å². The van der Waals surface area contributed by atoms with Crippen molar-refractivity contribution in [3.8, 4) is 5.75 Å². The Labute approximate surface area is 152 Å². The minimum atomic E-state index is -0.227. The Morgan fingerprint density at radius 1 is 1.19 bits per heavy atom. The fraction of sp³-hybridized carbons (Fsp3) is 0.389. The summed E-state index contributed by atoms with van der Waals surface area (Å²) >= 11 is 0. The molecule has 2 aromatic rings. The van der Waals surface area contributed by atoms with E-state index in [9.17, 15) is 4.79 Å². The minimum absolute atomic E-state index is 0.227. The molecule has 1 amide bonds. The van der Waals surface area contributed by atoms with Crippen molar-refractivity contribution in [2.45, 2.75) is 0 Å². The Balaban J connectivity index is 1.51. The highest BCUT2D eigenvalue weighted by Crippen LogP contribution is 2.25. The van der Waals surface area contributed by atoms with E-state index in [0.717, 1.165) is 38.5 Å². The molecule has 8 heteroatoms. The quantitative estimate of drug-likeness (QED) is 0.772. The lowest BCUT2D eigenvalue weighted by Gasteiger charge is -2.26. The van der Waals surface area contributed by atoms with Crippen molar-refractivity contribution in [2.24, 2.45) is 0 Å². The number of benzene rings is 1. The zero-order valence-corrected chi connectivity index (χ0v) is 14.8. The molecule has 1 fully saturated rings. The van der Waals surface area contributed by atoms with Crippen molar-refractivity contribution in [1.82, 2.24) is 20.4 Å². The van der Waals surface area contributed by atoms with E-state index in [-0.39, 0.29) is 11.6 Å². The van der Waals surface area contributed by atoms with Gasteiger partial charge in [0.25, 0.3) is 5.91 Å². The van der Waals surface area contributed by atoms with Gasteiger partial charge < -0.3 is 20.1 Å². The monoisotopic (exact) mass is 357 g/mol. The number of rotatable bonds is 7. The third-order valence-electron chi connectivity index (χ3n) is 4.08. The van der Waals surface area contributed by atoms with Crippen LogP contribution >= 0.6 is 0 Å². The normalized spacial score (nSPS) is 14.7. The van der Waals surface area contributed by atoms with Crippen LogP contribution in [0.1, 0.15) is 10.5 Å². The van der Waals surface area contributed by atoms with Crippen LogP contribution in [0.2, 0.25) is 0 Å². The summed E-state index contributed by atoms with van der Waals surface area (Å²) in [4.78, 5) is 14.4. The van der Waals surface area contributed by atoms with E-state index in [0.29, 0.717) is 18.1 Å². The third-order valence-corrected chi connectivity index (χ3v) is 4.08. The molecule has 8 nitrogen and oxygen atoms in total.